The molecule has 0 aliphatic rings. The SMILES string of the molecule is CCC(C)(CCO)NC(=O)Cc1ccc(OC)cc1OC. The molecule has 5 heteroatoms. The molecule has 0 radical (unpaired) electrons. The van der Waals surface area contributed by atoms with E-state index >= 15 is 0 Å². The molecule has 1 amide bonds. The highest BCUT2D eigenvalue weighted by Crippen LogP contribution is 2.25. The molecule has 21 heavy (non-hydrogen) atoms. The summed E-state index contributed by atoms with van der Waals surface area (Å²) in [6.07, 6.45) is 1.53. The number of rotatable bonds is 8. The molecule has 2 N–H and O–H groups in total. The smallest absolute Gasteiger partial charge is 0.224 e. The minimum absolute atomic E-state index is 0.0521. The molecule has 1 aromatic rings. The lowest BCUT2D eigenvalue weighted by Gasteiger charge is -2.29. The summed E-state index contributed by atoms with van der Waals surface area (Å²) in [6, 6.07) is 5.39. The number of benzene rings is 1. The van der Waals surface area contributed by atoms with Gasteiger partial charge in [0.25, 0.3) is 0 Å². The minimum atomic E-state index is -0.383. The van der Waals surface area contributed by atoms with Crippen LogP contribution >= 0.6 is 0 Å². The molecule has 0 aliphatic heterocycles. The van der Waals surface area contributed by atoms with Crippen LogP contribution in [0.2, 0.25) is 0 Å². The molecule has 1 unspecified atom stereocenters. The van der Waals surface area contributed by atoms with Gasteiger partial charge in [0, 0.05) is 23.8 Å². The van der Waals surface area contributed by atoms with Crippen LogP contribution in [0.4, 0.5) is 0 Å². The molecular formula is C16H25NO4. The highest BCUT2D eigenvalue weighted by molar-refractivity contribution is 5.80. The van der Waals surface area contributed by atoms with Gasteiger partial charge in [0.15, 0.2) is 0 Å². The Morgan fingerprint density at radius 1 is 1.33 bits per heavy atom. The summed E-state index contributed by atoms with van der Waals surface area (Å²) < 4.78 is 10.4. The van der Waals surface area contributed by atoms with Crippen molar-refractivity contribution in [2.75, 3.05) is 20.8 Å². The Bertz CT molecular complexity index is 475. The summed E-state index contributed by atoms with van der Waals surface area (Å²) in [5, 5.41) is 12.1. The second-order valence-electron chi connectivity index (χ2n) is 5.29. The van der Waals surface area contributed by atoms with Crippen LogP contribution in [0.25, 0.3) is 0 Å². The number of aliphatic hydroxyl groups excluding tert-OH is 1. The largest absolute Gasteiger partial charge is 0.497 e. The number of methoxy groups -OCH3 is 2. The number of hydrogen-bond donors (Lipinski definition) is 2. The van der Waals surface area contributed by atoms with E-state index in [-0.39, 0.29) is 24.5 Å². The lowest BCUT2D eigenvalue weighted by atomic mass is 9.94. The van der Waals surface area contributed by atoms with Crippen molar-refractivity contribution in [3.8, 4) is 11.5 Å². The first-order valence-electron chi connectivity index (χ1n) is 7.10. The van der Waals surface area contributed by atoms with E-state index in [1.165, 1.54) is 0 Å². The van der Waals surface area contributed by atoms with Crippen molar-refractivity contribution in [2.24, 2.45) is 0 Å². The third kappa shape index (κ3) is 4.93. The molecule has 118 valence electrons. The van der Waals surface area contributed by atoms with E-state index in [2.05, 4.69) is 5.32 Å². The van der Waals surface area contributed by atoms with E-state index in [0.29, 0.717) is 17.9 Å². The van der Waals surface area contributed by atoms with Gasteiger partial charge in [-0.25, -0.2) is 0 Å². The van der Waals surface area contributed by atoms with Gasteiger partial charge in [-0.1, -0.05) is 13.0 Å². The molecule has 1 atom stereocenters. The molecule has 0 bridgehead atoms. The van der Waals surface area contributed by atoms with E-state index in [0.717, 1.165) is 12.0 Å². The van der Waals surface area contributed by atoms with Crippen molar-refractivity contribution >= 4 is 5.91 Å². The summed E-state index contributed by atoms with van der Waals surface area (Å²) in [5.74, 6) is 1.23. The van der Waals surface area contributed by atoms with Crippen molar-refractivity contribution in [3.05, 3.63) is 23.8 Å². The van der Waals surface area contributed by atoms with Crippen LogP contribution in [0, 0.1) is 0 Å². The van der Waals surface area contributed by atoms with E-state index < -0.39 is 0 Å². The average Bonchev–Trinajstić information content (AvgIpc) is 2.47. The number of ether oxygens (including phenoxy) is 2. The molecule has 1 aromatic carbocycles. The molecule has 0 saturated carbocycles. The fraction of sp³-hybridized carbons (Fsp3) is 0.562. The first-order chi connectivity index (χ1) is 9.97. The summed E-state index contributed by atoms with van der Waals surface area (Å²) in [6.45, 7) is 3.98. The Balaban J connectivity index is 2.79. The number of carbonyl (C=O) groups excluding carboxylic acids is 1. The van der Waals surface area contributed by atoms with Crippen molar-refractivity contribution in [2.45, 2.75) is 38.6 Å². The van der Waals surface area contributed by atoms with Crippen LogP contribution in [0.1, 0.15) is 32.3 Å². The topological polar surface area (TPSA) is 67.8 Å². The Labute approximate surface area is 126 Å². The van der Waals surface area contributed by atoms with Gasteiger partial charge in [-0.15, -0.1) is 0 Å². The zero-order valence-electron chi connectivity index (χ0n) is 13.2. The first kappa shape index (κ1) is 17.3. The minimum Gasteiger partial charge on any atom is -0.497 e. The van der Waals surface area contributed by atoms with E-state index in [1.54, 1.807) is 26.4 Å². The van der Waals surface area contributed by atoms with Crippen LogP contribution in [0.3, 0.4) is 0 Å². The van der Waals surface area contributed by atoms with Crippen molar-refractivity contribution in [1.29, 1.82) is 0 Å². The molecule has 0 spiro atoms. The Morgan fingerprint density at radius 3 is 2.57 bits per heavy atom. The monoisotopic (exact) mass is 295 g/mol. The quantitative estimate of drug-likeness (QED) is 0.769. The molecule has 0 heterocycles. The van der Waals surface area contributed by atoms with Crippen LogP contribution in [-0.4, -0.2) is 37.4 Å². The molecule has 0 saturated heterocycles. The van der Waals surface area contributed by atoms with Crippen LogP contribution in [-0.2, 0) is 11.2 Å². The summed E-state index contributed by atoms with van der Waals surface area (Å²) in [4.78, 5) is 12.2. The molecule has 0 aliphatic carbocycles. The summed E-state index contributed by atoms with van der Waals surface area (Å²) >= 11 is 0. The second kappa shape index (κ2) is 7.88. The predicted molar refractivity (Wildman–Crippen MR) is 81.8 cm³/mol. The summed E-state index contributed by atoms with van der Waals surface area (Å²) in [7, 11) is 3.15. The van der Waals surface area contributed by atoms with Gasteiger partial charge in [0.05, 0.1) is 20.6 Å². The van der Waals surface area contributed by atoms with Crippen molar-refractivity contribution < 1.29 is 19.4 Å². The number of amides is 1. The fourth-order valence-electron chi connectivity index (χ4n) is 2.13. The van der Waals surface area contributed by atoms with Gasteiger partial charge in [0.2, 0.25) is 5.91 Å². The van der Waals surface area contributed by atoms with Gasteiger partial charge >= 0.3 is 0 Å². The van der Waals surface area contributed by atoms with Crippen molar-refractivity contribution in [3.63, 3.8) is 0 Å². The Hall–Kier alpha value is -1.75. The maximum absolute atomic E-state index is 12.2. The lowest BCUT2D eigenvalue weighted by Crippen LogP contribution is -2.46. The number of hydrogen-bond acceptors (Lipinski definition) is 4. The maximum atomic E-state index is 12.2. The molecule has 0 aromatic heterocycles. The van der Waals surface area contributed by atoms with Gasteiger partial charge in [0.1, 0.15) is 11.5 Å². The van der Waals surface area contributed by atoms with Crippen LogP contribution in [0.5, 0.6) is 11.5 Å². The second-order valence-corrected chi connectivity index (χ2v) is 5.29. The van der Waals surface area contributed by atoms with E-state index in [9.17, 15) is 4.79 Å². The number of nitrogens with one attached hydrogen (secondary N) is 1. The lowest BCUT2D eigenvalue weighted by molar-refractivity contribution is -0.122. The Kier molecular flexibility index (Phi) is 6.49. The third-order valence-corrected chi connectivity index (χ3v) is 3.73. The molecule has 1 rings (SSSR count). The van der Waals surface area contributed by atoms with Crippen LogP contribution in [0.15, 0.2) is 18.2 Å². The average molecular weight is 295 g/mol. The van der Waals surface area contributed by atoms with Gasteiger partial charge in [-0.05, 0) is 25.8 Å². The standard InChI is InChI=1S/C16H25NO4/c1-5-16(2,8-9-18)17-15(19)10-12-6-7-13(20-3)11-14(12)21-4/h6-7,11,18H,5,8-10H2,1-4H3,(H,17,19). The first-order valence-corrected chi connectivity index (χ1v) is 7.10. The zero-order valence-corrected chi connectivity index (χ0v) is 13.2. The zero-order chi connectivity index (χ0) is 15.9. The number of carbonyl (C=O) groups is 1. The van der Waals surface area contributed by atoms with Crippen molar-refractivity contribution in [1.82, 2.24) is 5.32 Å². The fourth-order valence-corrected chi connectivity index (χ4v) is 2.13. The van der Waals surface area contributed by atoms with Crippen LogP contribution < -0.4 is 14.8 Å². The molecular weight excluding hydrogens is 270 g/mol. The highest BCUT2D eigenvalue weighted by Gasteiger charge is 2.24. The van der Waals surface area contributed by atoms with E-state index in [1.807, 2.05) is 19.9 Å². The normalized spacial score (nSPS) is 13.4. The predicted octanol–water partition coefficient (Wildman–Crippen LogP) is 1.91. The Morgan fingerprint density at radius 2 is 2.05 bits per heavy atom. The third-order valence-electron chi connectivity index (χ3n) is 3.73. The van der Waals surface area contributed by atoms with Gasteiger partial charge in [-0.2, -0.15) is 0 Å². The summed E-state index contributed by atoms with van der Waals surface area (Å²) in [5.41, 5.74) is 0.421. The molecule has 0 fully saturated rings. The number of aliphatic hydroxyl groups is 1. The maximum Gasteiger partial charge on any atom is 0.224 e. The van der Waals surface area contributed by atoms with Gasteiger partial charge < -0.3 is 19.9 Å². The highest BCUT2D eigenvalue weighted by atomic mass is 16.5. The van der Waals surface area contributed by atoms with E-state index in [4.69, 9.17) is 14.6 Å². The molecule has 5 nitrogen and oxygen atoms in total. The van der Waals surface area contributed by atoms with Gasteiger partial charge in [-0.3, -0.25) is 4.79 Å².